The van der Waals surface area contributed by atoms with Gasteiger partial charge < -0.3 is 0 Å². The Morgan fingerprint density at radius 3 is 0.731 bits per heavy atom. The number of hydrogen-bond donors (Lipinski definition) is 0. The summed E-state index contributed by atoms with van der Waals surface area (Å²) in [6.07, 6.45) is 0. The van der Waals surface area contributed by atoms with Gasteiger partial charge in [0.25, 0.3) is 0 Å². The van der Waals surface area contributed by atoms with Crippen molar-refractivity contribution in [1.82, 2.24) is 9.13 Å². The molecular weight excluding hydrogens is 1390 g/mol. The molecule has 10 heteroatoms. The van der Waals surface area contributed by atoms with Crippen molar-refractivity contribution in [3.05, 3.63) is 352 Å². The van der Waals surface area contributed by atoms with Crippen LogP contribution in [-0.4, -0.2) is 37.8 Å². The summed E-state index contributed by atoms with van der Waals surface area (Å²) in [4.78, 5) is 16.2. The van der Waals surface area contributed by atoms with Crippen LogP contribution in [0, 0.1) is 0 Å². The van der Waals surface area contributed by atoms with E-state index in [4.69, 9.17) is 0 Å². The van der Waals surface area contributed by atoms with Crippen molar-refractivity contribution in [2.24, 2.45) is 0 Å². The Bertz CT molecular complexity index is 6290. The fraction of sp³-hybridized carbons (Fsp3) is 0. The summed E-state index contributed by atoms with van der Waals surface area (Å²) in [6.45, 7) is 0. The molecule has 2 unspecified atom stereocenters. The maximum absolute atomic E-state index is 3.51. The van der Waals surface area contributed by atoms with Gasteiger partial charge in [-0.1, -0.05) is 0 Å². The predicted octanol–water partition coefficient (Wildman–Crippen LogP) is 20.2. The normalized spacial score (nSPS) is 15.2. The Kier molecular flexibility index (Phi) is 11.7. The minimum atomic E-state index is -3.51. The average molecular weight is 1450 g/mol. The third-order valence-corrected chi connectivity index (χ3v) is 37.6. The standard InChI is InChI=1S/C94H60Ge2N8/c1-9-31-59(32-10-1)97-71-49-27-25-47-67(71)83-77(97)57-81-89-93(83)103(65-43-21-7-22-44-65)75-53-29-51-73-85(75)95(89)87-79(99(81)61-35-13-3-14-36-61)55-69-70(91(87)101(73)63-39-17-5-18-40-63)56-80-88-92(69)102(64-41-19-6-20-42-64)74-52-30-54-76-86(74)96(88)90-82(100(80)62-37-15-4-16-38-62)58-78-84(94(90)104(76)66-45-23-8-24-46-66)68-48-26-28-50-72(68)98(78)60-33-11-2-12-34-60/h1-58,95-96H. The quantitative estimate of drug-likeness (QED) is 0.141. The van der Waals surface area contributed by atoms with Gasteiger partial charge in [0.2, 0.25) is 0 Å². The molecule has 0 amide bonds. The van der Waals surface area contributed by atoms with Gasteiger partial charge in [0.15, 0.2) is 0 Å². The van der Waals surface area contributed by atoms with Gasteiger partial charge >= 0.3 is 614 Å². The van der Waals surface area contributed by atoms with Crippen LogP contribution in [0.25, 0.3) is 65.8 Å². The van der Waals surface area contributed by atoms with E-state index in [1.165, 1.54) is 149 Å². The molecule has 8 nitrogen and oxygen atoms in total. The fourth-order valence-electron chi connectivity index (χ4n) is 19.4. The van der Waals surface area contributed by atoms with Gasteiger partial charge in [-0.3, -0.25) is 0 Å². The second-order valence-electron chi connectivity index (χ2n) is 28.2. The molecule has 484 valence electrons. The molecule has 8 heterocycles. The second kappa shape index (κ2) is 21.4. The molecule has 0 saturated carbocycles. The number of aromatic nitrogens is 2. The molecule has 24 rings (SSSR count). The van der Waals surface area contributed by atoms with Crippen LogP contribution in [0.15, 0.2) is 352 Å². The van der Waals surface area contributed by atoms with Crippen LogP contribution in [0.1, 0.15) is 0 Å². The zero-order chi connectivity index (χ0) is 67.6. The average Bonchev–Trinajstić information content (AvgIpc) is 0.945. The van der Waals surface area contributed by atoms with Gasteiger partial charge in [-0.15, -0.1) is 0 Å². The van der Waals surface area contributed by atoms with E-state index in [-0.39, 0.29) is 0 Å². The topological polar surface area (TPSA) is 29.3 Å². The van der Waals surface area contributed by atoms with Crippen molar-refractivity contribution < 1.29 is 0 Å². The Labute approximate surface area is 609 Å². The number of hydrogen-bond acceptors (Lipinski definition) is 6. The first-order chi connectivity index (χ1) is 51.7. The van der Waals surface area contributed by atoms with Crippen molar-refractivity contribution >= 4 is 212 Å². The molecule has 0 fully saturated rings. The number of rotatable bonds is 8. The van der Waals surface area contributed by atoms with E-state index < -0.39 is 28.7 Å². The van der Waals surface area contributed by atoms with Gasteiger partial charge in [0.05, 0.1) is 0 Å². The Balaban J connectivity index is 0.919. The molecule has 0 spiro atoms. The van der Waals surface area contributed by atoms with Crippen molar-refractivity contribution in [1.29, 1.82) is 0 Å². The fourth-order valence-corrected chi connectivity index (χ4v) is 36.3. The Hall–Kier alpha value is -12.7. The molecule has 0 bridgehead atoms. The molecule has 6 aliphatic heterocycles. The number of fused-ring (bicyclic) bond motifs is 11. The summed E-state index contributed by atoms with van der Waals surface area (Å²) in [5.74, 6) is 0. The zero-order valence-electron chi connectivity index (χ0n) is 56.2. The molecule has 104 heavy (non-hydrogen) atoms. The van der Waals surface area contributed by atoms with E-state index in [0.29, 0.717) is 0 Å². The van der Waals surface area contributed by atoms with E-state index in [1.807, 2.05) is 0 Å². The summed E-state index contributed by atoms with van der Waals surface area (Å²) >= 11 is -7.01. The molecule has 18 aromatic rings. The maximum atomic E-state index is 2.72. The SMILES string of the molecule is c1ccc(N2c3cc4c5[c]6c(cc4c4[c]3[GeH]3[c]7c(cccc7N(c7ccccc7)c7[c]3c2cc2c7c3ccccc3n2-c2ccccc2)N4c2ccccc2)N(c2ccccc2)c2cc3c(c4[c]2[GeH]6[c]2c(cccc2N4c2ccccc2)N5c2ccccc2)c2ccccc2n3-c2ccccc2)cc1. The van der Waals surface area contributed by atoms with E-state index in [1.54, 1.807) is 0 Å². The number of anilines is 18. The van der Waals surface area contributed by atoms with E-state index >= 15 is 0 Å². The Morgan fingerprint density at radius 2 is 0.413 bits per heavy atom. The van der Waals surface area contributed by atoms with Crippen LogP contribution < -0.4 is 55.8 Å². The second-order valence-corrected chi connectivity index (χ2v) is 39.1. The molecule has 0 N–H and O–H groups in total. The Morgan fingerprint density at radius 1 is 0.163 bits per heavy atom. The molecule has 2 atom stereocenters. The van der Waals surface area contributed by atoms with E-state index in [0.717, 1.165) is 45.5 Å². The van der Waals surface area contributed by atoms with Crippen molar-refractivity contribution in [2.45, 2.75) is 0 Å². The third kappa shape index (κ3) is 7.46. The van der Waals surface area contributed by atoms with Crippen LogP contribution >= 0.6 is 0 Å². The zero-order valence-corrected chi connectivity index (χ0v) is 61.1. The predicted molar refractivity (Wildman–Crippen MR) is 440 cm³/mol. The molecule has 6 aliphatic rings. The molecule has 0 radical (unpaired) electrons. The van der Waals surface area contributed by atoms with Crippen LogP contribution in [-0.2, 0) is 0 Å². The molecule has 2 aromatic heterocycles. The van der Waals surface area contributed by atoms with Gasteiger partial charge in [0.1, 0.15) is 0 Å². The van der Waals surface area contributed by atoms with Crippen molar-refractivity contribution in [3.8, 4) is 11.4 Å². The molecular formula is C94H60Ge2N8. The summed E-state index contributed by atoms with van der Waals surface area (Å²) < 4.78 is 13.9. The van der Waals surface area contributed by atoms with Crippen LogP contribution in [0.4, 0.5) is 102 Å². The summed E-state index contributed by atoms with van der Waals surface area (Å²) in [6, 6.07) is 134. The first kappa shape index (κ1) is 57.0. The number of benzene rings is 16. The summed E-state index contributed by atoms with van der Waals surface area (Å²) in [5.41, 5.74) is 28.9. The monoisotopic (exact) mass is 1450 g/mol. The van der Waals surface area contributed by atoms with E-state index in [9.17, 15) is 0 Å². The van der Waals surface area contributed by atoms with Crippen molar-refractivity contribution in [3.63, 3.8) is 0 Å². The first-order valence-corrected chi connectivity index (χ1v) is 43.4. The van der Waals surface area contributed by atoms with Gasteiger partial charge in [0, 0.05) is 0 Å². The molecule has 0 aliphatic carbocycles. The van der Waals surface area contributed by atoms with Crippen LogP contribution in [0.2, 0.25) is 0 Å². The van der Waals surface area contributed by atoms with Crippen molar-refractivity contribution in [2.75, 3.05) is 29.4 Å². The number of para-hydroxylation sites is 10. The first-order valence-electron chi connectivity index (χ1n) is 36.1. The van der Waals surface area contributed by atoms with Gasteiger partial charge in [-0.25, -0.2) is 0 Å². The summed E-state index contributed by atoms with van der Waals surface area (Å²) in [5, 5.41) is 7.51. The summed E-state index contributed by atoms with van der Waals surface area (Å²) in [7, 11) is 0. The molecule has 0 saturated heterocycles. The van der Waals surface area contributed by atoms with Crippen LogP contribution in [0.3, 0.4) is 0 Å². The van der Waals surface area contributed by atoms with Gasteiger partial charge in [-0.05, 0) is 0 Å². The van der Waals surface area contributed by atoms with Crippen LogP contribution in [0.5, 0.6) is 0 Å². The van der Waals surface area contributed by atoms with E-state index in [2.05, 4.69) is 390 Å². The van der Waals surface area contributed by atoms with Gasteiger partial charge in [-0.2, -0.15) is 0 Å². The molecule has 16 aromatic carbocycles. The number of nitrogens with zero attached hydrogens (tertiary/aromatic N) is 8. The minimum absolute atomic E-state index is 1.13. The third-order valence-electron chi connectivity index (χ3n) is 23.1.